The number of ether oxygens (including phenoxy) is 2. The lowest BCUT2D eigenvalue weighted by atomic mass is 10.6. The van der Waals surface area contributed by atoms with Gasteiger partial charge in [-0.2, -0.15) is 0 Å². The van der Waals surface area contributed by atoms with E-state index >= 15 is 0 Å². The summed E-state index contributed by atoms with van der Waals surface area (Å²) < 4.78 is 12.3. The number of hydrogen-bond acceptors (Lipinski definition) is 6. The molecule has 1 rings (SSSR count). The van der Waals surface area contributed by atoms with Crippen LogP contribution in [0.4, 0.5) is 0 Å². The lowest BCUT2D eigenvalue weighted by Crippen LogP contribution is -2.09. The van der Waals surface area contributed by atoms with E-state index in [1.54, 1.807) is 18.9 Å². The topological polar surface area (TPSA) is 75.2 Å². The number of nitrogens with two attached hydrogens (primary N) is 1. The van der Waals surface area contributed by atoms with Crippen molar-refractivity contribution in [1.82, 2.24) is 14.8 Å². The average Bonchev–Trinajstić information content (AvgIpc) is 2.75. The van der Waals surface area contributed by atoms with Gasteiger partial charge in [0.2, 0.25) is 0 Å². The third-order valence-corrected chi connectivity index (χ3v) is 3.11. The number of methoxy groups -OCH3 is 1. The Labute approximate surface area is 106 Å². The van der Waals surface area contributed by atoms with E-state index < -0.39 is 0 Å². The molecule has 0 atom stereocenters. The van der Waals surface area contributed by atoms with Gasteiger partial charge in [-0.25, -0.2) is 0 Å². The first-order chi connectivity index (χ1) is 8.33. The van der Waals surface area contributed by atoms with Gasteiger partial charge in [0.25, 0.3) is 0 Å². The molecule has 7 heteroatoms. The van der Waals surface area contributed by atoms with Crippen molar-refractivity contribution in [2.45, 2.75) is 25.2 Å². The van der Waals surface area contributed by atoms with Gasteiger partial charge in [0, 0.05) is 19.4 Å². The first-order valence-corrected chi connectivity index (χ1v) is 6.63. The molecule has 0 saturated heterocycles. The van der Waals surface area contributed by atoms with Crippen molar-refractivity contribution in [2.24, 2.45) is 5.73 Å². The molecule has 1 aromatic rings. The standard InChI is InChI=1S/C10H20N4O2S/c1-3-14-9(8-11)12-13-10(14)17-7-6-16-5-4-15-2/h3-8,11H2,1-2H3. The minimum absolute atomic E-state index is 0.422. The second-order valence-electron chi connectivity index (χ2n) is 3.30. The molecule has 0 aliphatic carbocycles. The van der Waals surface area contributed by atoms with Crippen LogP contribution in [-0.4, -0.2) is 47.4 Å². The summed E-state index contributed by atoms with van der Waals surface area (Å²) in [4.78, 5) is 0. The summed E-state index contributed by atoms with van der Waals surface area (Å²) in [5.74, 6) is 1.68. The molecule has 6 nitrogen and oxygen atoms in total. The zero-order chi connectivity index (χ0) is 12.5. The zero-order valence-corrected chi connectivity index (χ0v) is 11.2. The van der Waals surface area contributed by atoms with Crippen molar-refractivity contribution in [2.75, 3.05) is 32.7 Å². The summed E-state index contributed by atoms with van der Waals surface area (Å²) in [5, 5.41) is 9.05. The van der Waals surface area contributed by atoms with Crippen molar-refractivity contribution >= 4 is 11.8 Å². The monoisotopic (exact) mass is 260 g/mol. The van der Waals surface area contributed by atoms with Crippen LogP contribution in [0.1, 0.15) is 12.7 Å². The molecule has 0 saturated carbocycles. The molecule has 98 valence electrons. The molecule has 1 heterocycles. The van der Waals surface area contributed by atoms with Gasteiger partial charge in [0.05, 0.1) is 26.4 Å². The van der Waals surface area contributed by atoms with E-state index in [4.69, 9.17) is 15.2 Å². The Balaban J connectivity index is 2.29. The van der Waals surface area contributed by atoms with E-state index in [1.165, 1.54) is 0 Å². The Morgan fingerprint density at radius 3 is 2.76 bits per heavy atom. The van der Waals surface area contributed by atoms with Crippen molar-refractivity contribution in [3.63, 3.8) is 0 Å². The summed E-state index contributed by atoms with van der Waals surface area (Å²) in [6.45, 7) is 5.26. The normalized spacial score (nSPS) is 11.0. The van der Waals surface area contributed by atoms with Crippen LogP contribution in [0.5, 0.6) is 0 Å². The summed E-state index contributed by atoms with van der Waals surface area (Å²) in [6.07, 6.45) is 0. The van der Waals surface area contributed by atoms with Crippen LogP contribution in [0.2, 0.25) is 0 Å². The molecule has 0 fully saturated rings. The van der Waals surface area contributed by atoms with Gasteiger partial charge < -0.3 is 19.8 Å². The Morgan fingerprint density at radius 2 is 2.12 bits per heavy atom. The Bertz CT molecular complexity index is 319. The summed E-state index contributed by atoms with van der Waals surface area (Å²) >= 11 is 1.63. The largest absolute Gasteiger partial charge is 0.382 e. The smallest absolute Gasteiger partial charge is 0.191 e. The molecule has 0 unspecified atom stereocenters. The van der Waals surface area contributed by atoms with Crippen LogP contribution < -0.4 is 5.73 Å². The van der Waals surface area contributed by atoms with Crippen LogP contribution in [0.3, 0.4) is 0 Å². The van der Waals surface area contributed by atoms with Gasteiger partial charge in [-0.1, -0.05) is 11.8 Å². The number of thioether (sulfide) groups is 1. The minimum Gasteiger partial charge on any atom is -0.382 e. The second-order valence-corrected chi connectivity index (χ2v) is 4.36. The lowest BCUT2D eigenvalue weighted by molar-refractivity contribution is 0.0790. The highest BCUT2D eigenvalue weighted by atomic mass is 32.2. The van der Waals surface area contributed by atoms with Gasteiger partial charge >= 0.3 is 0 Å². The van der Waals surface area contributed by atoms with E-state index in [-0.39, 0.29) is 0 Å². The minimum atomic E-state index is 0.422. The number of rotatable bonds is 9. The SMILES string of the molecule is CCn1c(CN)nnc1SCCOCCOC. The number of aromatic nitrogens is 3. The molecule has 2 N–H and O–H groups in total. The maximum absolute atomic E-state index is 5.58. The van der Waals surface area contributed by atoms with Gasteiger partial charge in [-0.3, -0.25) is 0 Å². The van der Waals surface area contributed by atoms with Crippen LogP contribution in [0.25, 0.3) is 0 Å². The maximum Gasteiger partial charge on any atom is 0.191 e. The molecule has 1 aromatic heterocycles. The Hall–Kier alpha value is -0.630. The summed E-state index contributed by atoms with van der Waals surface area (Å²) in [7, 11) is 1.66. The predicted molar refractivity (Wildman–Crippen MR) is 67.0 cm³/mol. The quantitative estimate of drug-likeness (QED) is 0.515. The van der Waals surface area contributed by atoms with Crippen LogP contribution >= 0.6 is 11.8 Å². The molecule has 0 bridgehead atoms. The highest BCUT2D eigenvalue weighted by molar-refractivity contribution is 7.99. The van der Waals surface area contributed by atoms with Crippen LogP contribution in [-0.2, 0) is 22.6 Å². The fourth-order valence-corrected chi connectivity index (χ4v) is 2.20. The molecule has 0 radical (unpaired) electrons. The fourth-order valence-electron chi connectivity index (χ4n) is 1.33. The van der Waals surface area contributed by atoms with Crippen molar-refractivity contribution in [1.29, 1.82) is 0 Å². The summed E-state index contributed by atoms with van der Waals surface area (Å²) in [6, 6.07) is 0. The molecule has 0 spiro atoms. The third-order valence-electron chi connectivity index (χ3n) is 2.18. The second kappa shape index (κ2) is 8.46. The van der Waals surface area contributed by atoms with Crippen molar-refractivity contribution in [3.8, 4) is 0 Å². The highest BCUT2D eigenvalue weighted by Crippen LogP contribution is 2.16. The lowest BCUT2D eigenvalue weighted by Gasteiger charge is -2.06. The van der Waals surface area contributed by atoms with Gasteiger partial charge in [0.1, 0.15) is 5.82 Å². The van der Waals surface area contributed by atoms with Crippen molar-refractivity contribution in [3.05, 3.63) is 5.82 Å². The number of hydrogen-bond donors (Lipinski definition) is 1. The van der Waals surface area contributed by atoms with E-state index in [0.717, 1.165) is 23.3 Å². The van der Waals surface area contributed by atoms with Gasteiger partial charge in [-0.15, -0.1) is 10.2 Å². The number of nitrogens with zero attached hydrogens (tertiary/aromatic N) is 3. The van der Waals surface area contributed by atoms with E-state index in [9.17, 15) is 0 Å². The molecule has 0 amide bonds. The van der Waals surface area contributed by atoms with Crippen molar-refractivity contribution < 1.29 is 9.47 Å². The Morgan fingerprint density at radius 1 is 1.29 bits per heavy atom. The first kappa shape index (κ1) is 14.4. The maximum atomic E-state index is 5.58. The molecule has 17 heavy (non-hydrogen) atoms. The molecule has 0 aliphatic rings. The van der Waals surface area contributed by atoms with E-state index in [2.05, 4.69) is 17.1 Å². The predicted octanol–water partition coefficient (Wildman–Crippen LogP) is 0.512. The van der Waals surface area contributed by atoms with E-state index in [1.807, 2.05) is 4.57 Å². The summed E-state index contributed by atoms with van der Waals surface area (Å²) in [5.41, 5.74) is 5.58. The molecule has 0 aliphatic heterocycles. The van der Waals surface area contributed by atoms with Crippen LogP contribution in [0.15, 0.2) is 5.16 Å². The zero-order valence-electron chi connectivity index (χ0n) is 10.4. The molecular formula is C10H20N4O2S. The van der Waals surface area contributed by atoms with Crippen LogP contribution in [0, 0.1) is 0 Å². The van der Waals surface area contributed by atoms with E-state index in [0.29, 0.717) is 26.4 Å². The third kappa shape index (κ3) is 4.63. The molecule has 0 aromatic carbocycles. The highest BCUT2D eigenvalue weighted by Gasteiger charge is 2.09. The first-order valence-electron chi connectivity index (χ1n) is 5.65. The molecular weight excluding hydrogens is 240 g/mol. The Kier molecular flexibility index (Phi) is 7.18. The van der Waals surface area contributed by atoms with Gasteiger partial charge in [0.15, 0.2) is 5.16 Å². The fraction of sp³-hybridized carbons (Fsp3) is 0.800. The average molecular weight is 260 g/mol. The van der Waals surface area contributed by atoms with Gasteiger partial charge in [-0.05, 0) is 6.92 Å².